The van der Waals surface area contributed by atoms with E-state index in [9.17, 15) is 8.42 Å². The van der Waals surface area contributed by atoms with Gasteiger partial charge in [-0.15, -0.1) is 0 Å². The summed E-state index contributed by atoms with van der Waals surface area (Å²) >= 11 is 3.24. The van der Waals surface area contributed by atoms with Crippen LogP contribution in [0.5, 0.6) is 0 Å². The van der Waals surface area contributed by atoms with Crippen molar-refractivity contribution in [3.8, 4) is 0 Å². The second-order valence-electron chi connectivity index (χ2n) is 3.41. The van der Waals surface area contributed by atoms with Crippen molar-refractivity contribution in [1.82, 2.24) is 14.9 Å². The number of rotatable bonds is 8. The number of nitrogens with one attached hydrogen (secondary N) is 2. The molecule has 0 spiro atoms. The Kier molecular flexibility index (Phi) is 6.10. The number of aromatic nitrogens is 2. The van der Waals surface area contributed by atoms with Gasteiger partial charge in [0.05, 0.1) is 18.5 Å². The van der Waals surface area contributed by atoms with Crippen LogP contribution in [0.25, 0.3) is 0 Å². The van der Waals surface area contributed by atoms with Gasteiger partial charge in [0.15, 0.2) is 0 Å². The Bertz CT molecular complexity index is 432. The van der Waals surface area contributed by atoms with Crippen LogP contribution in [-0.4, -0.2) is 43.7 Å². The maximum Gasteiger partial charge on any atom is 0.243 e. The molecule has 0 aliphatic heterocycles. The number of sulfonamides is 1. The molecule has 1 rings (SSSR count). The van der Waals surface area contributed by atoms with E-state index >= 15 is 0 Å². The molecule has 1 heterocycles. The predicted molar refractivity (Wildman–Crippen MR) is 67.7 cm³/mol. The number of aromatic amines is 1. The van der Waals surface area contributed by atoms with E-state index in [2.05, 4.69) is 30.8 Å². The average molecular weight is 326 g/mol. The highest BCUT2D eigenvalue weighted by Crippen LogP contribution is 2.10. The standard InChI is InChI=1S/C9H16BrN3O3S/c1-8-9(7-11-13-8)17(14,15)12-4-2-5-16-6-3-10/h7,12H,2-6H2,1H3,(H,11,13). The van der Waals surface area contributed by atoms with Crippen molar-refractivity contribution in [2.75, 3.05) is 25.1 Å². The van der Waals surface area contributed by atoms with Gasteiger partial charge in [0, 0.05) is 18.5 Å². The fourth-order valence-electron chi connectivity index (χ4n) is 1.23. The fourth-order valence-corrected chi connectivity index (χ4v) is 2.66. The summed E-state index contributed by atoms with van der Waals surface area (Å²) in [6.07, 6.45) is 1.95. The normalized spacial score (nSPS) is 11.9. The van der Waals surface area contributed by atoms with E-state index in [1.807, 2.05) is 0 Å². The zero-order valence-electron chi connectivity index (χ0n) is 9.57. The molecule has 1 aromatic rings. The van der Waals surface area contributed by atoms with Crippen LogP contribution in [0.15, 0.2) is 11.1 Å². The van der Waals surface area contributed by atoms with Crippen LogP contribution in [0.2, 0.25) is 0 Å². The molecule has 0 radical (unpaired) electrons. The lowest BCUT2D eigenvalue weighted by molar-refractivity contribution is 0.149. The largest absolute Gasteiger partial charge is 0.381 e. The molecule has 98 valence electrons. The molecule has 0 aliphatic rings. The van der Waals surface area contributed by atoms with E-state index in [0.717, 1.165) is 5.33 Å². The number of hydrogen-bond donors (Lipinski definition) is 2. The van der Waals surface area contributed by atoms with Gasteiger partial charge in [-0.05, 0) is 13.3 Å². The smallest absolute Gasteiger partial charge is 0.243 e. The van der Waals surface area contributed by atoms with Gasteiger partial charge < -0.3 is 4.74 Å². The van der Waals surface area contributed by atoms with Crippen LogP contribution < -0.4 is 4.72 Å². The molecule has 0 saturated heterocycles. The molecular formula is C9H16BrN3O3S. The van der Waals surface area contributed by atoms with Crippen LogP contribution in [0.1, 0.15) is 12.1 Å². The Balaban J connectivity index is 2.34. The molecule has 8 heteroatoms. The molecule has 6 nitrogen and oxygen atoms in total. The highest BCUT2D eigenvalue weighted by atomic mass is 79.9. The Labute approximate surface area is 109 Å². The summed E-state index contributed by atoms with van der Waals surface area (Å²) < 4.78 is 31.3. The molecule has 0 aromatic carbocycles. The van der Waals surface area contributed by atoms with Crippen molar-refractivity contribution in [3.05, 3.63) is 11.9 Å². The lowest BCUT2D eigenvalue weighted by atomic mass is 10.5. The summed E-state index contributed by atoms with van der Waals surface area (Å²) in [6.45, 7) is 3.20. The minimum Gasteiger partial charge on any atom is -0.381 e. The van der Waals surface area contributed by atoms with Gasteiger partial charge in [0.25, 0.3) is 0 Å². The van der Waals surface area contributed by atoms with E-state index < -0.39 is 10.0 Å². The molecule has 17 heavy (non-hydrogen) atoms. The lowest BCUT2D eigenvalue weighted by Gasteiger charge is -2.05. The first kappa shape index (κ1) is 14.6. The number of aryl methyl sites for hydroxylation is 1. The van der Waals surface area contributed by atoms with Crippen molar-refractivity contribution >= 4 is 26.0 Å². The van der Waals surface area contributed by atoms with Gasteiger partial charge in [-0.3, -0.25) is 5.10 Å². The van der Waals surface area contributed by atoms with Crippen LogP contribution >= 0.6 is 15.9 Å². The summed E-state index contributed by atoms with van der Waals surface area (Å²) in [6, 6.07) is 0. The molecule has 0 unspecified atom stereocenters. The summed E-state index contributed by atoms with van der Waals surface area (Å²) in [5.41, 5.74) is 0.535. The predicted octanol–water partition coefficient (Wildman–Crippen LogP) is 0.798. The minimum atomic E-state index is -3.45. The third-order valence-corrected chi connectivity index (χ3v) is 3.95. The third-order valence-electron chi connectivity index (χ3n) is 2.05. The lowest BCUT2D eigenvalue weighted by Crippen LogP contribution is -2.25. The van der Waals surface area contributed by atoms with Gasteiger partial charge in [0.2, 0.25) is 10.0 Å². The second-order valence-corrected chi connectivity index (χ2v) is 5.94. The molecule has 0 fully saturated rings. The third kappa shape index (κ3) is 4.74. The number of halogens is 1. The molecule has 2 N–H and O–H groups in total. The van der Waals surface area contributed by atoms with Crippen LogP contribution in [0.3, 0.4) is 0 Å². The molecule has 0 atom stereocenters. The fraction of sp³-hybridized carbons (Fsp3) is 0.667. The average Bonchev–Trinajstić information content (AvgIpc) is 2.70. The number of ether oxygens (including phenoxy) is 1. The second kappa shape index (κ2) is 7.10. The Morgan fingerprint density at radius 2 is 2.29 bits per heavy atom. The Morgan fingerprint density at radius 3 is 2.88 bits per heavy atom. The monoisotopic (exact) mass is 325 g/mol. The van der Waals surface area contributed by atoms with Gasteiger partial charge >= 0.3 is 0 Å². The van der Waals surface area contributed by atoms with E-state index in [0.29, 0.717) is 31.9 Å². The van der Waals surface area contributed by atoms with Gasteiger partial charge in [0.1, 0.15) is 4.90 Å². The van der Waals surface area contributed by atoms with Crippen molar-refractivity contribution in [1.29, 1.82) is 0 Å². The van der Waals surface area contributed by atoms with E-state index in [4.69, 9.17) is 4.74 Å². The molecule has 0 saturated carbocycles. The van der Waals surface area contributed by atoms with Crippen LogP contribution in [-0.2, 0) is 14.8 Å². The maximum atomic E-state index is 11.8. The number of H-pyrrole nitrogens is 1. The molecular weight excluding hydrogens is 310 g/mol. The van der Waals surface area contributed by atoms with Crippen molar-refractivity contribution in [2.24, 2.45) is 0 Å². The molecule has 0 aliphatic carbocycles. The Hall–Kier alpha value is -0.440. The van der Waals surface area contributed by atoms with Crippen LogP contribution in [0, 0.1) is 6.92 Å². The summed E-state index contributed by atoms with van der Waals surface area (Å²) in [5.74, 6) is 0. The highest BCUT2D eigenvalue weighted by Gasteiger charge is 2.17. The zero-order valence-corrected chi connectivity index (χ0v) is 12.0. The van der Waals surface area contributed by atoms with Crippen LogP contribution in [0.4, 0.5) is 0 Å². The quantitative estimate of drug-likeness (QED) is 0.547. The minimum absolute atomic E-state index is 0.193. The van der Waals surface area contributed by atoms with Gasteiger partial charge in [-0.25, -0.2) is 13.1 Å². The van der Waals surface area contributed by atoms with Crippen molar-refractivity contribution < 1.29 is 13.2 Å². The van der Waals surface area contributed by atoms with Gasteiger partial charge in [-0.2, -0.15) is 5.10 Å². The summed E-state index contributed by atoms with van der Waals surface area (Å²) in [7, 11) is -3.45. The topological polar surface area (TPSA) is 84.1 Å². The van der Waals surface area contributed by atoms with Crippen molar-refractivity contribution in [2.45, 2.75) is 18.2 Å². The Morgan fingerprint density at radius 1 is 1.53 bits per heavy atom. The first-order valence-corrected chi connectivity index (χ1v) is 7.81. The van der Waals surface area contributed by atoms with E-state index in [1.165, 1.54) is 6.20 Å². The van der Waals surface area contributed by atoms with E-state index in [1.54, 1.807) is 6.92 Å². The number of nitrogens with zero attached hydrogens (tertiary/aromatic N) is 1. The number of hydrogen-bond acceptors (Lipinski definition) is 4. The number of alkyl halides is 1. The molecule has 0 amide bonds. The van der Waals surface area contributed by atoms with Gasteiger partial charge in [-0.1, -0.05) is 15.9 Å². The molecule has 1 aromatic heterocycles. The molecule has 0 bridgehead atoms. The maximum absolute atomic E-state index is 11.8. The van der Waals surface area contributed by atoms with E-state index in [-0.39, 0.29) is 4.90 Å². The first-order valence-electron chi connectivity index (χ1n) is 5.21. The SMILES string of the molecule is Cc1[nH]ncc1S(=O)(=O)NCCCOCCBr. The first-order chi connectivity index (χ1) is 8.08. The summed E-state index contributed by atoms with van der Waals surface area (Å²) in [5, 5.41) is 7.06. The summed E-state index contributed by atoms with van der Waals surface area (Å²) in [4.78, 5) is 0.193. The van der Waals surface area contributed by atoms with Crippen molar-refractivity contribution in [3.63, 3.8) is 0 Å². The highest BCUT2D eigenvalue weighted by molar-refractivity contribution is 9.09. The zero-order chi connectivity index (χ0) is 12.7.